The Morgan fingerprint density at radius 1 is 1.50 bits per heavy atom. The summed E-state index contributed by atoms with van der Waals surface area (Å²) in [4.78, 5) is 0. The minimum absolute atomic E-state index is 0.0106. The molecule has 0 fully saturated rings. The zero-order chi connectivity index (χ0) is 8.97. The van der Waals surface area contributed by atoms with Gasteiger partial charge in [0.25, 0.3) is 0 Å². The molecule has 0 bridgehead atoms. The lowest BCUT2D eigenvalue weighted by Crippen LogP contribution is -1.90. The van der Waals surface area contributed by atoms with Gasteiger partial charge in [-0.1, -0.05) is 31.2 Å². The molecule has 1 aromatic carbocycles. The van der Waals surface area contributed by atoms with Crippen LogP contribution in [-0.2, 0) is 6.42 Å². The third-order valence-corrected chi connectivity index (χ3v) is 2.05. The molecule has 0 heterocycles. The molecule has 0 aliphatic rings. The van der Waals surface area contributed by atoms with Crippen molar-refractivity contribution < 1.29 is 0 Å². The predicted molar refractivity (Wildman–Crippen MR) is 49.8 cm³/mol. The Balaban J connectivity index is 2.95. The van der Waals surface area contributed by atoms with Gasteiger partial charge in [0.05, 0.1) is 12.0 Å². The Hall–Kier alpha value is -1.29. The number of rotatable bonds is 2. The van der Waals surface area contributed by atoms with Crippen LogP contribution in [0.3, 0.4) is 0 Å². The van der Waals surface area contributed by atoms with Crippen molar-refractivity contribution in [2.45, 2.75) is 26.2 Å². The Bertz CT molecular complexity index is 296. The van der Waals surface area contributed by atoms with Crippen molar-refractivity contribution in [2.24, 2.45) is 0 Å². The van der Waals surface area contributed by atoms with Crippen LogP contribution in [0.5, 0.6) is 0 Å². The molecule has 1 atom stereocenters. The van der Waals surface area contributed by atoms with E-state index in [9.17, 15) is 0 Å². The summed E-state index contributed by atoms with van der Waals surface area (Å²) < 4.78 is 0. The van der Waals surface area contributed by atoms with Crippen LogP contribution in [-0.4, -0.2) is 0 Å². The second-order valence-corrected chi connectivity index (χ2v) is 2.95. The van der Waals surface area contributed by atoms with E-state index in [-0.39, 0.29) is 5.92 Å². The van der Waals surface area contributed by atoms with Gasteiger partial charge in [-0.2, -0.15) is 5.26 Å². The molecule has 0 radical (unpaired) electrons. The molecule has 0 amide bonds. The molecule has 0 aliphatic carbocycles. The van der Waals surface area contributed by atoms with E-state index in [0.717, 1.165) is 12.0 Å². The topological polar surface area (TPSA) is 23.8 Å². The monoisotopic (exact) mass is 159 g/mol. The molecule has 1 heteroatoms. The van der Waals surface area contributed by atoms with E-state index < -0.39 is 0 Å². The molecular formula is C11H13N. The van der Waals surface area contributed by atoms with E-state index in [1.807, 2.05) is 19.1 Å². The van der Waals surface area contributed by atoms with Crippen LogP contribution in [0, 0.1) is 11.3 Å². The summed E-state index contributed by atoms with van der Waals surface area (Å²) in [5.74, 6) is 0.0106. The average Bonchev–Trinajstić information content (AvgIpc) is 2.17. The van der Waals surface area contributed by atoms with Crippen LogP contribution < -0.4 is 0 Å². The maximum Gasteiger partial charge on any atom is 0.0700 e. The summed E-state index contributed by atoms with van der Waals surface area (Å²) in [7, 11) is 0. The zero-order valence-electron chi connectivity index (χ0n) is 7.54. The fourth-order valence-electron chi connectivity index (χ4n) is 1.16. The first-order valence-corrected chi connectivity index (χ1v) is 4.26. The predicted octanol–water partition coefficient (Wildman–Crippen LogP) is 2.88. The van der Waals surface area contributed by atoms with E-state index in [1.54, 1.807) is 0 Å². The van der Waals surface area contributed by atoms with E-state index >= 15 is 0 Å². The Morgan fingerprint density at radius 2 is 2.25 bits per heavy atom. The number of nitrogens with zero attached hydrogens (tertiary/aromatic N) is 1. The molecule has 12 heavy (non-hydrogen) atoms. The van der Waals surface area contributed by atoms with Gasteiger partial charge in [0.2, 0.25) is 0 Å². The van der Waals surface area contributed by atoms with Crippen molar-refractivity contribution in [1.82, 2.24) is 0 Å². The largest absolute Gasteiger partial charge is 0.198 e. The van der Waals surface area contributed by atoms with Gasteiger partial charge in [0.15, 0.2) is 0 Å². The highest BCUT2D eigenvalue weighted by Crippen LogP contribution is 2.15. The van der Waals surface area contributed by atoms with Crippen LogP contribution in [0.4, 0.5) is 0 Å². The van der Waals surface area contributed by atoms with Gasteiger partial charge in [-0.25, -0.2) is 0 Å². The van der Waals surface area contributed by atoms with E-state index in [1.165, 1.54) is 5.56 Å². The highest BCUT2D eigenvalue weighted by molar-refractivity contribution is 5.28. The van der Waals surface area contributed by atoms with Crippen molar-refractivity contribution in [3.8, 4) is 6.07 Å². The van der Waals surface area contributed by atoms with Crippen LogP contribution in [0.25, 0.3) is 0 Å². The van der Waals surface area contributed by atoms with Gasteiger partial charge >= 0.3 is 0 Å². The minimum Gasteiger partial charge on any atom is -0.198 e. The normalized spacial score (nSPS) is 12.1. The molecule has 1 aromatic rings. The van der Waals surface area contributed by atoms with Gasteiger partial charge in [0.1, 0.15) is 0 Å². The number of nitriles is 1. The molecule has 0 spiro atoms. The van der Waals surface area contributed by atoms with Gasteiger partial charge < -0.3 is 0 Å². The number of hydrogen-bond donors (Lipinski definition) is 0. The smallest absolute Gasteiger partial charge is 0.0700 e. The number of aryl methyl sites for hydroxylation is 1. The molecule has 1 rings (SSSR count). The highest BCUT2D eigenvalue weighted by atomic mass is 14.3. The number of benzene rings is 1. The Morgan fingerprint density at radius 3 is 2.83 bits per heavy atom. The highest BCUT2D eigenvalue weighted by Gasteiger charge is 2.02. The standard InChI is InChI=1S/C11H13N/c1-3-10-5-4-6-11(7-10)9(2)8-12/h4-7,9H,3H2,1-2H3. The van der Waals surface area contributed by atoms with Gasteiger partial charge in [-0.15, -0.1) is 0 Å². The summed E-state index contributed by atoms with van der Waals surface area (Å²) in [6.45, 7) is 4.05. The maximum absolute atomic E-state index is 8.70. The van der Waals surface area contributed by atoms with Crippen molar-refractivity contribution in [1.29, 1.82) is 5.26 Å². The number of hydrogen-bond acceptors (Lipinski definition) is 1. The van der Waals surface area contributed by atoms with Crippen molar-refractivity contribution >= 4 is 0 Å². The van der Waals surface area contributed by atoms with E-state index in [0.29, 0.717) is 0 Å². The van der Waals surface area contributed by atoms with Crippen LogP contribution >= 0.6 is 0 Å². The third kappa shape index (κ3) is 1.85. The van der Waals surface area contributed by atoms with Crippen molar-refractivity contribution in [3.63, 3.8) is 0 Å². The first kappa shape index (κ1) is 8.80. The quantitative estimate of drug-likeness (QED) is 0.651. The lowest BCUT2D eigenvalue weighted by Gasteiger charge is -2.03. The van der Waals surface area contributed by atoms with Crippen LogP contribution in [0.1, 0.15) is 30.9 Å². The summed E-state index contributed by atoms with van der Waals surface area (Å²) >= 11 is 0. The first-order chi connectivity index (χ1) is 5.77. The molecular weight excluding hydrogens is 146 g/mol. The van der Waals surface area contributed by atoms with Crippen LogP contribution in [0.15, 0.2) is 24.3 Å². The third-order valence-electron chi connectivity index (χ3n) is 2.05. The lowest BCUT2D eigenvalue weighted by atomic mass is 10.00. The molecule has 0 aromatic heterocycles. The fourth-order valence-corrected chi connectivity index (χ4v) is 1.16. The molecule has 1 nitrogen and oxygen atoms in total. The Labute approximate surface area is 73.6 Å². The van der Waals surface area contributed by atoms with Gasteiger partial charge in [-0.05, 0) is 24.5 Å². The van der Waals surface area contributed by atoms with Gasteiger partial charge in [-0.3, -0.25) is 0 Å². The maximum atomic E-state index is 8.70. The van der Waals surface area contributed by atoms with E-state index in [4.69, 9.17) is 5.26 Å². The van der Waals surface area contributed by atoms with Crippen molar-refractivity contribution in [2.75, 3.05) is 0 Å². The lowest BCUT2D eigenvalue weighted by molar-refractivity contribution is 0.971. The summed E-state index contributed by atoms with van der Waals surface area (Å²) in [6.07, 6.45) is 1.03. The molecule has 0 aliphatic heterocycles. The Kier molecular flexibility index (Phi) is 2.88. The molecule has 0 saturated carbocycles. The molecule has 0 N–H and O–H groups in total. The summed E-state index contributed by atoms with van der Waals surface area (Å²) in [5, 5.41) is 8.70. The van der Waals surface area contributed by atoms with E-state index in [2.05, 4.69) is 25.1 Å². The van der Waals surface area contributed by atoms with Crippen LogP contribution in [0.2, 0.25) is 0 Å². The minimum atomic E-state index is 0.0106. The molecule has 62 valence electrons. The zero-order valence-corrected chi connectivity index (χ0v) is 7.54. The van der Waals surface area contributed by atoms with Crippen molar-refractivity contribution in [3.05, 3.63) is 35.4 Å². The average molecular weight is 159 g/mol. The summed E-state index contributed by atoms with van der Waals surface area (Å²) in [5.41, 5.74) is 2.42. The first-order valence-electron chi connectivity index (χ1n) is 4.26. The second-order valence-electron chi connectivity index (χ2n) is 2.95. The molecule has 1 unspecified atom stereocenters. The summed E-state index contributed by atoms with van der Waals surface area (Å²) in [6, 6.07) is 10.5. The molecule has 0 saturated heterocycles. The fraction of sp³-hybridized carbons (Fsp3) is 0.364. The van der Waals surface area contributed by atoms with Gasteiger partial charge in [0, 0.05) is 0 Å². The SMILES string of the molecule is CCc1cccc(C(C)C#N)c1. The second kappa shape index (κ2) is 3.92.